The molecule has 0 fully saturated rings. The van der Waals surface area contributed by atoms with Crippen molar-refractivity contribution < 1.29 is 0 Å². The van der Waals surface area contributed by atoms with Crippen LogP contribution < -0.4 is 5.32 Å². The molecule has 0 saturated carbocycles. The third kappa shape index (κ3) is 6.91. The normalized spacial score (nSPS) is 10.5. The molecule has 0 radical (unpaired) electrons. The van der Waals surface area contributed by atoms with Crippen molar-refractivity contribution in [3.05, 3.63) is 37.1 Å². The molecule has 0 spiro atoms. The number of allylic oxidation sites excluding steroid dienone is 3. The fourth-order valence-corrected chi connectivity index (χ4v) is 0.578. The average Bonchev–Trinajstić information content (AvgIpc) is 1.97. The molecule has 62 valence electrons. The SMILES string of the molecule is C=C/C=C\C(=C)NCC(C)C. The van der Waals surface area contributed by atoms with Crippen molar-refractivity contribution in [2.45, 2.75) is 13.8 Å². The van der Waals surface area contributed by atoms with Crippen LogP contribution in [0.2, 0.25) is 0 Å². The van der Waals surface area contributed by atoms with E-state index in [2.05, 4.69) is 32.3 Å². The van der Waals surface area contributed by atoms with E-state index in [9.17, 15) is 0 Å². The fourth-order valence-electron chi connectivity index (χ4n) is 0.578. The first-order chi connectivity index (χ1) is 5.16. The quantitative estimate of drug-likeness (QED) is 0.595. The molecule has 11 heavy (non-hydrogen) atoms. The van der Waals surface area contributed by atoms with Gasteiger partial charge in [-0.05, 0) is 12.0 Å². The average molecular weight is 151 g/mol. The van der Waals surface area contributed by atoms with Gasteiger partial charge in [-0.25, -0.2) is 0 Å². The molecule has 0 aliphatic rings. The largest absolute Gasteiger partial charge is 0.385 e. The number of nitrogens with one attached hydrogen (secondary N) is 1. The zero-order valence-electron chi connectivity index (χ0n) is 7.43. The molecule has 0 unspecified atom stereocenters. The van der Waals surface area contributed by atoms with Gasteiger partial charge in [-0.2, -0.15) is 0 Å². The van der Waals surface area contributed by atoms with Crippen LogP contribution >= 0.6 is 0 Å². The van der Waals surface area contributed by atoms with Gasteiger partial charge in [-0.3, -0.25) is 0 Å². The molecule has 0 bridgehead atoms. The van der Waals surface area contributed by atoms with Crippen LogP contribution in [0.15, 0.2) is 37.1 Å². The topological polar surface area (TPSA) is 12.0 Å². The van der Waals surface area contributed by atoms with Gasteiger partial charge in [-0.1, -0.05) is 39.2 Å². The Labute approximate surface area is 69.5 Å². The maximum Gasteiger partial charge on any atom is 0.0267 e. The fraction of sp³-hybridized carbons (Fsp3) is 0.400. The van der Waals surface area contributed by atoms with Crippen LogP contribution in [-0.2, 0) is 0 Å². The van der Waals surface area contributed by atoms with E-state index in [1.54, 1.807) is 6.08 Å². The molecule has 0 aromatic rings. The van der Waals surface area contributed by atoms with E-state index >= 15 is 0 Å². The molecule has 0 saturated heterocycles. The summed E-state index contributed by atoms with van der Waals surface area (Å²) in [7, 11) is 0. The lowest BCUT2D eigenvalue weighted by molar-refractivity contribution is 0.602. The second kappa shape index (κ2) is 5.78. The minimum absolute atomic E-state index is 0.656. The van der Waals surface area contributed by atoms with Crippen molar-refractivity contribution >= 4 is 0 Å². The van der Waals surface area contributed by atoms with Crippen LogP contribution in [0.25, 0.3) is 0 Å². The second-order valence-electron chi connectivity index (χ2n) is 2.89. The van der Waals surface area contributed by atoms with Gasteiger partial charge in [0.1, 0.15) is 0 Å². The Morgan fingerprint density at radius 3 is 2.64 bits per heavy atom. The summed E-state index contributed by atoms with van der Waals surface area (Å²) in [6.45, 7) is 12.7. The molecule has 0 rings (SSSR count). The van der Waals surface area contributed by atoms with E-state index in [-0.39, 0.29) is 0 Å². The van der Waals surface area contributed by atoms with Crippen molar-refractivity contribution in [2.75, 3.05) is 6.54 Å². The van der Waals surface area contributed by atoms with Gasteiger partial charge in [0.05, 0.1) is 0 Å². The minimum atomic E-state index is 0.656. The predicted molar refractivity (Wildman–Crippen MR) is 51.3 cm³/mol. The Bertz CT molecular complexity index is 154. The first-order valence-electron chi connectivity index (χ1n) is 3.88. The highest BCUT2D eigenvalue weighted by Crippen LogP contribution is 1.92. The summed E-state index contributed by atoms with van der Waals surface area (Å²) in [4.78, 5) is 0. The van der Waals surface area contributed by atoms with Gasteiger partial charge in [0.2, 0.25) is 0 Å². The van der Waals surface area contributed by atoms with E-state index in [1.807, 2.05) is 12.2 Å². The van der Waals surface area contributed by atoms with E-state index in [4.69, 9.17) is 0 Å². The van der Waals surface area contributed by atoms with Gasteiger partial charge in [0, 0.05) is 12.2 Å². The summed E-state index contributed by atoms with van der Waals surface area (Å²) >= 11 is 0. The van der Waals surface area contributed by atoms with E-state index in [0.717, 1.165) is 12.2 Å². The Balaban J connectivity index is 3.53. The van der Waals surface area contributed by atoms with Crippen molar-refractivity contribution in [3.63, 3.8) is 0 Å². The van der Waals surface area contributed by atoms with E-state index in [1.165, 1.54) is 0 Å². The maximum atomic E-state index is 3.82. The molecular formula is C10H17N. The number of rotatable bonds is 5. The highest BCUT2D eigenvalue weighted by atomic mass is 14.9. The maximum absolute atomic E-state index is 3.82. The first kappa shape index (κ1) is 10.0. The molecule has 0 aliphatic carbocycles. The summed E-state index contributed by atoms with van der Waals surface area (Å²) in [5, 5.41) is 3.19. The summed E-state index contributed by atoms with van der Waals surface area (Å²) in [6.07, 6.45) is 5.52. The Hall–Kier alpha value is -0.980. The van der Waals surface area contributed by atoms with Gasteiger partial charge >= 0.3 is 0 Å². The lowest BCUT2D eigenvalue weighted by atomic mass is 10.2. The molecule has 1 nitrogen and oxygen atoms in total. The Morgan fingerprint density at radius 2 is 2.18 bits per heavy atom. The molecule has 1 heteroatoms. The monoisotopic (exact) mass is 151 g/mol. The van der Waals surface area contributed by atoms with Gasteiger partial charge in [0.25, 0.3) is 0 Å². The Kier molecular flexibility index (Phi) is 5.26. The molecule has 0 aromatic carbocycles. The van der Waals surface area contributed by atoms with Gasteiger partial charge < -0.3 is 5.32 Å². The third-order valence-electron chi connectivity index (χ3n) is 1.17. The first-order valence-corrected chi connectivity index (χ1v) is 3.88. The summed E-state index contributed by atoms with van der Waals surface area (Å²) in [5.41, 5.74) is 0.943. The highest BCUT2D eigenvalue weighted by molar-refractivity contribution is 5.16. The van der Waals surface area contributed by atoms with Crippen molar-refractivity contribution in [1.29, 1.82) is 0 Å². The smallest absolute Gasteiger partial charge is 0.0267 e. The van der Waals surface area contributed by atoms with Crippen LogP contribution in [0, 0.1) is 5.92 Å². The van der Waals surface area contributed by atoms with Crippen LogP contribution in [-0.4, -0.2) is 6.54 Å². The van der Waals surface area contributed by atoms with E-state index < -0.39 is 0 Å². The van der Waals surface area contributed by atoms with E-state index in [0.29, 0.717) is 5.92 Å². The molecule has 0 heterocycles. The molecule has 0 aromatic heterocycles. The van der Waals surface area contributed by atoms with Crippen molar-refractivity contribution in [3.8, 4) is 0 Å². The molecular weight excluding hydrogens is 134 g/mol. The second-order valence-corrected chi connectivity index (χ2v) is 2.89. The van der Waals surface area contributed by atoms with Gasteiger partial charge in [0.15, 0.2) is 0 Å². The van der Waals surface area contributed by atoms with Crippen LogP contribution in [0.5, 0.6) is 0 Å². The molecule has 1 N–H and O–H groups in total. The lowest BCUT2D eigenvalue weighted by Crippen LogP contribution is -2.16. The summed E-state index contributed by atoms with van der Waals surface area (Å²) in [6, 6.07) is 0. The van der Waals surface area contributed by atoms with Crippen LogP contribution in [0.1, 0.15) is 13.8 Å². The Morgan fingerprint density at radius 1 is 1.55 bits per heavy atom. The summed E-state index contributed by atoms with van der Waals surface area (Å²) in [5.74, 6) is 0.656. The zero-order valence-corrected chi connectivity index (χ0v) is 7.43. The molecule has 0 atom stereocenters. The van der Waals surface area contributed by atoms with Crippen molar-refractivity contribution in [2.24, 2.45) is 5.92 Å². The highest BCUT2D eigenvalue weighted by Gasteiger charge is 1.91. The van der Waals surface area contributed by atoms with Gasteiger partial charge in [-0.15, -0.1) is 0 Å². The minimum Gasteiger partial charge on any atom is -0.385 e. The molecule has 0 amide bonds. The third-order valence-corrected chi connectivity index (χ3v) is 1.17. The predicted octanol–water partition coefficient (Wildman–Crippen LogP) is 2.49. The summed E-state index contributed by atoms with van der Waals surface area (Å²) < 4.78 is 0. The zero-order chi connectivity index (χ0) is 8.69. The number of hydrogen-bond donors (Lipinski definition) is 1. The van der Waals surface area contributed by atoms with Crippen LogP contribution in [0.4, 0.5) is 0 Å². The molecule has 0 aliphatic heterocycles. The standard InChI is InChI=1S/C10H17N/c1-5-6-7-10(4)11-8-9(2)3/h5-7,9,11H,1,4,8H2,2-3H3/b7-6-. The van der Waals surface area contributed by atoms with Crippen molar-refractivity contribution in [1.82, 2.24) is 5.32 Å². The number of hydrogen-bond acceptors (Lipinski definition) is 1. The lowest BCUT2D eigenvalue weighted by Gasteiger charge is -2.07. The van der Waals surface area contributed by atoms with Crippen LogP contribution in [0.3, 0.4) is 0 Å².